The number of carbonyl (C=O) groups is 1. The van der Waals surface area contributed by atoms with Crippen molar-refractivity contribution in [3.63, 3.8) is 0 Å². The molecule has 1 aliphatic rings. The molecule has 1 heterocycles. The summed E-state index contributed by atoms with van der Waals surface area (Å²) in [5.74, 6) is -0.934. The fourth-order valence-corrected chi connectivity index (χ4v) is 2.98. The summed E-state index contributed by atoms with van der Waals surface area (Å²) in [4.78, 5) is 14.1. The number of hydrogen-bond donors (Lipinski definition) is 2. The average molecular weight is 334 g/mol. The van der Waals surface area contributed by atoms with Crippen LogP contribution in [0.25, 0.3) is 0 Å². The van der Waals surface area contributed by atoms with Gasteiger partial charge in [0, 0.05) is 30.5 Å². The molecule has 1 saturated heterocycles. The molecule has 1 unspecified atom stereocenters. The zero-order valence-electron chi connectivity index (χ0n) is 11.8. The lowest BCUT2D eigenvalue weighted by atomic mass is 10.1. The third kappa shape index (κ3) is 4.81. The van der Waals surface area contributed by atoms with Crippen molar-refractivity contribution in [2.45, 2.75) is 17.5 Å². The lowest BCUT2D eigenvalue weighted by Gasteiger charge is -2.18. The lowest BCUT2D eigenvalue weighted by molar-refractivity contribution is -0.105. The zero-order chi connectivity index (χ0) is 16.2. The number of nitrogens with zero attached hydrogens (tertiary/aromatic N) is 1. The Balaban J connectivity index is 1.99. The van der Waals surface area contributed by atoms with Gasteiger partial charge in [-0.1, -0.05) is 12.1 Å². The molecule has 1 fully saturated rings. The molecule has 1 aromatic carbocycles. The van der Waals surface area contributed by atoms with Gasteiger partial charge in [-0.25, -0.2) is 4.79 Å². The van der Waals surface area contributed by atoms with E-state index in [0.29, 0.717) is 35.4 Å². The van der Waals surface area contributed by atoms with Crippen molar-refractivity contribution in [2.75, 3.05) is 30.8 Å². The Kier molecular flexibility index (Phi) is 5.57. The number of para-hydroxylation sites is 1. The van der Waals surface area contributed by atoms with Gasteiger partial charge in [-0.15, -0.1) is 11.8 Å². The molecule has 0 aromatic heterocycles. The first-order valence-corrected chi connectivity index (χ1v) is 7.83. The highest BCUT2D eigenvalue weighted by atomic mass is 32.2. The Hall–Kier alpha value is -1.41. The Morgan fingerprint density at radius 2 is 2.14 bits per heavy atom. The minimum atomic E-state index is -4.26. The molecule has 2 amide bonds. The second-order valence-corrected chi connectivity index (χ2v) is 6.13. The highest BCUT2D eigenvalue weighted by Gasteiger charge is 2.28. The number of nitrogens with one attached hydrogen (secondary N) is 1. The van der Waals surface area contributed by atoms with E-state index < -0.39 is 11.9 Å². The fourth-order valence-electron chi connectivity index (χ4n) is 2.22. The maximum Gasteiger partial charge on any atom is 0.398 e. The number of halogens is 3. The van der Waals surface area contributed by atoms with Gasteiger partial charge in [-0.05, 0) is 18.6 Å². The number of aliphatic hydroxyl groups is 1. The molecule has 0 saturated carbocycles. The van der Waals surface area contributed by atoms with Gasteiger partial charge in [0.05, 0.1) is 11.4 Å². The summed E-state index contributed by atoms with van der Waals surface area (Å²) < 4.78 is 37.0. The van der Waals surface area contributed by atoms with E-state index in [9.17, 15) is 18.0 Å². The highest BCUT2D eigenvalue weighted by Crippen LogP contribution is 2.32. The molecule has 0 aliphatic carbocycles. The minimum Gasteiger partial charge on any atom is -0.396 e. The van der Waals surface area contributed by atoms with Crippen LogP contribution in [0.4, 0.5) is 23.7 Å². The summed E-state index contributed by atoms with van der Waals surface area (Å²) in [5.41, 5.74) is 0.370. The number of benzene rings is 1. The van der Waals surface area contributed by atoms with E-state index in [1.807, 2.05) is 0 Å². The van der Waals surface area contributed by atoms with E-state index in [2.05, 4.69) is 5.32 Å². The molecule has 0 radical (unpaired) electrons. The van der Waals surface area contributed by atoms with Gasteiger partial charge in [0.25, 0.3) is 0 Å². The SMILES string of the molecule is O=C(Nc1ccccc1SCC(F)(F)F)N1CCC(CO)C1. The third-order valence-electron chi connectivity index (χ3n) is 3.35. The van der Waals surface area contributed by atoms with Crippen LogP contribution in [0.5, 0.6) is 0 Å². The molecule has 2 rings (SSSR count). The van der Waals surface area contributed by atoms with Crippen LogP contribution in [0.2, 0.25) is 0 Å². The van der Waals surface area contributed by atoms with Gasteiger partial charge in [-0.3, -0.25) is 0 Å². The van der Waals surface area contributed by atoms with Gasteiger partial charge in [0.15, 0.2) is 0 Å². The predicted molar refractivity (Wildman–Crippen MR) is 79.0 cm³/mol. The van der Waals surface area contributed by atoms with Crippen LogP contribution in [-0.4, -0.2) is 47.7 Å². The standard InChI is InChI=1S/C14H17F3N2O2S/c15-14(16,17)9-22-12-4-2-1-3-11(12)18-13(21)19-6-5-10(7-19)8-20/h1-4,10,20H,5-9H2,(H,18,21). The Labute approximate surface area is 130 Å². The van der Waals surface area contributed by atoms with E-state index in [1.165, 1.54) is 0 Å². The molecular weight excluding hydrogens is 317 g/mol. The number of anilines is 1. The summed E-state index contributed by atoms with van der Waals surface area (Å²) in [5, 5.41) is 11.7. The number of aliphatic hydroxyl groups excluding tert-OH is 1. The first kappa shape index (κ1) is 17.0. The number of likely N-dealkylation sites (tertiary alicyclic amines) is 1. The fraction of sp³-hybridized carbons (Fsp3) is 0.500. The molecule has 1 aromatic rings. The van der Waals surface area contributed by atoms with Crippen LogP contribution in [0.3, 0.4) is 0 Å². The molecule has 22 heavy (non-hydrogen) atoms. The first-order valence-electron chi connectivity index (χ1n) is 6.84. The van der Waals surface area contributed by atoms with Crippen LogP contribution in [0.15, 0.2) is 29.2 Å². The number of thioether (sulfide) groups is 1. The number of carbonyl (C=O) groups excluding carboxylic acids is 1. The van der Waals surface area contributed by atoms with E-state index in [0.717, 1.165) is 6.42 Å². The quantitative estimate of drug-likeness (QED) is 0.832. The number of hydrogen-bond acceptors (Lipinski definition) is 3. The Morgan fingerprint density at radius 3 is 2.77 bits per heavy atom. The molecule has 1 aliphatic heterocycles. The summed E-state index contributed by atoms with van der Waals surface area (Å²) in [6.45, 7) is 1.02. The number of rotatable bonds is 4. The van der Waals surface area contributed by atoms with Crippen molar-refractivity contribution in [1.29, 1.82) is 0 Å². The Morgan fingerprint density at radius 1 is 1.41 bits per heavy atom. The molecule has 2 N–H and O–H groups in total. The summed E-state index contributed by atoms with van der Waals surface area (Å²) in [6, 6.07) is 6.07. The Bertz CT molecular complexity index is 525. The number of urea groups is 1. The molecule has 4 nitrogen and oxygen atoms in total. The van der Waals surface area contributed by atoms with E-state index >= 15 is 0 Å². The normalized spacial score (nSPS) is 18.5. The van der Waals surface area contributed by atoms with Gasteiger partial charge < -0.3 is 15.3 Å². The van der Waals surface area contributed by atoms with Crippen LogP contribution < -0.4 is 5.32 Å². The van der Waals surface area contributed by atoms with Gasteiger partial charge in [-0.2, -0.15) is 13.2 Å². The molecular formula is C14H17F3N2O2S. The van der Waals surface area contributed by atoms with Crippen molar-refractivity contribution in [2.24, 2.45) is 5.92 Å². The van der Waals surface area contributed by atoms with E-state index in [1.54, 1.807) is 29.2 Å². The summed E-state index contributed by atoms with van der Waals surface area (Å²) in [7, 11) is 0. The first-order chi connectivity index (χ1) is 10.4. The van der Waals surface area contributed by atoms with Crippen molar-refractivity contribution in [3.05, 3.63) is 24.3 Å². The highest BCUT2D eigenvalue weighted by molar-refractivity contribution is 7.99. The number of amides is 2. The van der Waals surface area contributed by atoms with Gasteiger partial charge >= 0.3 is 12.2 Å². The van der Waals surface area contributed by atoms with E-state index in [-0.39, 0.29) is 18.6 Å². The lowest BCUT2D eigenvalue weighted by Crippen LogP contribution is -2.33. The molecule has 8 heteroatoms. The largest absolute Gasteiger partial charge is 0.398 e. The predicted octanol–water partition coefficient (Wildman–Crippen LogP) is 3.19. The van der Waals surface area contributed by atoms with E-state index in [4.69, 9.17) is 5.11 Å². The van der Waals surface area contributed by atoms with Crippen LogP contribution >= 0.6 is 11.8 Å². The maximum atomic E-state index is 12.3. The zero-order valence-corrected chi connectivity index (χ0v) is 12.6. The average Bonchev–Trinajstić information content (AvgIpc) is 2.94. The maximum absolute atomic E-state index is 12.3. The van der Waals surface area contributed by atoms with Crippen LogP contribution in [0.1, 0.15) is 6.42 Å². The number of alkyl halides is 3. The molecule has 0 spiro atoms. The van der Waals surface area contributed by atoms with Crippen molar-refractivity contribution in [1.82, 2.24) is 4.90 Å². The van der Waals surface area contributed by atoms with Crippen molar-refractivity contribution >= 4 is 23.5 Å². The van der Waals surface area contributed by atoms with Gasteiger partial charge in [0.1, 0.15) is 0 Å². The van der Waals surface area contributed by atoms with Crippen molar-refractivity contribution in [3.8, 4) is 0 Å². The second-order valence-electron chi connectivity index (χ2n) is 5.11. The molecule has 0 bridgehead atoms. The van der Waals surface area contributed by atoms with Gasteiger partial charge in [0.2, 0.25) is 0 Å². The second kappa shape index (κ2) is 7.23. The van der Waals surface area contributed by atoms with Crippen molar-refractivity contribution < 1.29 is 23.1 Å². The topological polar surface area (TPSA) is 52.6 Å². The smallest absolute Gasteiger partial charge is 0.396 e. The van der Waals surface area contributed by atoms with Crippen LogP contribution in [-0.2, 0) is 0 Å². The summed E-state index contributed by atoms with van der Waals surface area (Å²) >= 11 is 0.645. The monoisotopic (exact) mass is 334 g/mol. The third-order valence-corrected chi connectivity index (χ3v) is 4.49. The molecule has 1 atom stereocenters. The minimum absolute atomic E-state index is 0.0296. The molecule has 122 valence electrons. The van der Waals surface area contributed by atoms with Crippen LogP contribution in [0, 0.1) is 5.92 Å². The summed E-state index contributed by atoms with van der Waals surface area (Å²) in [6.07, 6.45) is -3.53.